The van der Waals surface area contributed by atoms with Crippen LogP contribution in [0.15, 0.2) is 61.1 Å². The van der Waals surface area contributed by atoms with E-state index < -0.39 is 17.1 Å². The summed E-state index contributed by atoms with van der Waals surface area (Å²) >= 11 is 0. The zero-order chi connectivity index (χ0) is 23.6. The van der Waals surface area contributed by atoms with Crippen molar-refractivity contribution in [1.82, 2.24) is 15.0 Å². The van der Waals surface area contributed by atoms with Gasteiger partial charge in [0.1, 0.15) is 17.3 Å². The number of hydrogen-bond donors (Lipinski definition) is 2. The Morgan fingerprint density at radius 1 is 1.03 bits per heavy atom. The van der Waals surface area contributed by atoms with Crippen molar-refractivity contribution >= 4 is 28.3 Å². The lowest BCUT2D eigenvalue weighted by Crippen LogP contribution is -2.18. The normalized spacial score (nSPS) is 11.1. The van der Waals surface area contributed by atoms with E-state index in [9.17, 15) is 14.4 Å². The molecule has 0 bridgehead atoms. The average Bonchev–Trinajstić information content (AvgIpc) is 2.83. The number of halogens is 1. The molecule has 7 nitrogen and oxygen atoms in total. The Morgan fingerprint density at radius 3 is 2.61 bits per heavy atom. The van der Waals surface area contributed by atoms with E-state index in [1.807, 2.05) is 12.1 Å². The predicted octanol–water partition coefficient (Wildman–Crippen LogP) is 4.93. The van der Waals surface area contributed by atoms with Crippen LogP contribution in [0.2, 0.25) is 0 Å². The maximum Gasteiger partial charge on any atom is 0.274 e. The molecule has 0 aliphatic heterocycles. The van der Waals surface area contributed by atoms with Crippen molar-refractivity contribution < 1.29 is 9.18 Å². The van der Waals surface area contributed by atoms with Gasteiger partial charge in [-0.25, -0.2) is 9.37 Å². The molecule has 4 rings (SSSR count). The van der Waals surface area contributed by atoms with Crippen LogP contribution in [0.1, 0.15) is 29.9 Å². The number of nitriles is 1. The molecule has 0 aliphatic carbocycles. The van der Waals surface area contributed by atoms with Gasteiger partial charge in [0.05, 0.1) is 17.0 Å². The number of fused-ring (bicyclic) bond motifs is 1. The van der Waals surface area contributed by atoms with Crippen molar-refractivity contribution in [2.24, 2.45) is 0 Å². The number of carbonyl (C=O) groups excluding carboxylic acids is 1. The molecule has 0 saturated carbocycles. The maximum absolute atomic E-state index is 14.4. The van der Waals surface area contributed by atoms with Crippen LogP contribution in [0, 0.1) is 17.1 Å². The van der Waals surface area contributed by atoms with E-state index in [1.54, 1.807) is 51.5 Å². The summed E-state index contributed by atoms with van der Waals surface area (Å²) in [6.45, 7) is 3.52. The Kier molecular flexibility index (Phi) is 5.71. The number of nitrogens with zero attached hydrogens (tertiary/aromatic N) is 4. The third-order valence-electron chi connectivity index (χ3n) is 5.30. The van der Waals surface area contributed by atoms with Crippen molar-refractivity contribution in [3.05, 3.63) is 78.1 Å². The van der Waals surface area contributed by atoms with Gasteiger partial charge in [0.15, 0.2) is 0 Å². The molecule has 3 heterocycles. The van der Waals surface area contributed by atoms with E-state index >= 15 is 0 Å². The van der Waals surface area contributed by atoms with Crippen molar-refractivity contribution in [3.8, 4) is 17.2 Å². The number of hydrogen-bond acceptors (Lipinski definition) is 6. The highest BCUT2D eigenvalue weighted by molar-refractivity contribution is 6.03. The van der Waals surface area contributed by atoms with Gasteiger partial charge in [0.25, 0.3) is 5.91 Å². The van der Waals surface area contributed by atoms with Crippen LogP contribution in [-0.2, 0) is 5.41 Å². The fourth-order valence-corrected chi connectivity index (χ4v) is 3.35. The molecule has 0 unspecified atom stereocenters. The van der Waals surface area contributed by atoms with Crippen LogP contribution >= 0.6 is 0 Å². The summed E-state index contributed by atoms with van der Waals surface area (Å²) in [5, 5.41) is 15.8. The lowest BCUT2D eigenvalue weighted by Gasteiger charge is -2.16. The molecule has 1 aromatic carbocycles. The van der Waals surface area contributed by atoms with E-state index in [2.05, 4.69) is 31.7 Å². The zero-order valence-corrected chi connectivity index (χ0v) is 18.3. The summed E-state index contributed by atoms with van der Waals surface area (Å²) in [7, 11) is 1.78. The second-order valence-electron chi connectivity index (χ2n) is 8.09. The summed E-state index contributed by atoms with van der Waals surface area (Å²) in [6.07, 6.45) is 4.83. The van der Waals surface area contributed by atoms with Crippen molar-refractivity contribution in [2.75, 3.05) is 17.7 Å². The third kappa shape index (κ3) is 4.62. The van der Waals surface area contributed by atoms with Gasteiger partial charge in [-0.1, -0.05) is 0 Å². The van der Waals surface area contributed by atoms with E-state index in [0.717, 1.165) is 10.9 Å². The molecular formula is C25H21FN6O. The SMILES string of the molecule is CNc1cc2ncc(-c3cc(F)cc(NC(=O)c4cc(C(C)(C)C#N)ccn4)c3)cc2cn1. The van der Waals surface area contributed by atoms with Gasteiger partial charge in [-0.3, -0.25) is 14.8 Å². The van der Waals surface area contributed by atoms with Crippen LogP contribution < -0.4 is 10.6 Å². The number of amides is 1. The fraction of sp³-hybridized carbons (Fsp3) is 0.160. The number of carbonyl (C=O) groups is 1. The average molecular weight is 440 g/mol. The van der Waals surface area contributed by atoms with Crippen LogP contribution in [-0.4, -0.2) is 27.9 Å². The molecule has 2 N–H and O–H groups in total. The van der Waals surface area contributed by atoms with Gasteiger partial charge in [0.2, 0.25) is 0 Å². The lowest BCUT2D eigenvalue weighted by molar-refractivity contribution is 0.102. The van der Waals surface area contributed by atoms with Gasteiger partial charge < -0.3 is 10.6 Å². The molecule has 33 heavy (non-hydrogen) atoms. The topological polar surface area (TPSA) is 104 Å². The molecule has 0 atom stereocenters. The number of rotatable bonds is 5. The summed E-state index contributed by atoms with van der Waals surface area (Å²) in [5.41, 5.74) is 2.33. The molecular weight excluding hydrogens is 419 g/mol. The number of nitrogens with one attached hydrogen (secondary N) is 2. The van der Waals surface area contributed by atoms with Gasteiger partial charge in [-0.05, 0) is 61.4 Å². The minimum Gasteiger partial charge on any atom is -0.373 e. The first kappa shape index (κ1) is 21.8. The number of benzene rings is 1. The summed E-state index contributed by atoms with van der Waals surface area (Å²) in [5.74, 6) is -0.296. The van der Waals surface area contributed by atoms with Crippen molar-refractivity contribution in [1.29, 1.82) is 5.26 Å². The molecule has 4 aromatic rings. The molecule has 3 aromatic heterocycles. The predicted molar refractivity (Wildman–Crippen MR) is 125 cm³/mol. The Morgan fingerprint density at radius 2 is 1.85 bits per heavy atom. The molecule has 0 fully saturated rings. The highest BCUT2D eigenvalue weighted by Crippen LogP contribution is 2.27. The van der Waals surface area contributed by atoms with Crippen molar-refractivity contribution in [3.63, 3.8) is 0 Å². The summed E-state index contributed by atoms with van der Waals surface area (Å²) in [4.78, 5) is 25.6. The Balaban J connectivity index is 1.63. The van der Waals surface area contributed by atoms with Gasteiger partial charge in [-0.2, -0.15) is 5.26 Å². The largest absolute Gasteiger partial charge is 0.373 e. The summed E-state index contributed by atoms with van der Waals surface area (Å²) in [6, 6.07) is 13.4. The zero-order valence-electron chi connectivity index (χ0n) is 18.3. The van der Waals surface area contributed by atoms with E-state index in [0.29, 0.717) is 22.5 Å². The number of pyridine rings is 3. The number of aromatic nitrogens is 3. The minimum absolute atomic E-state index is 0.139. The highest BCUT2D eigenvalue weighted by Gasteiger charge is 2.21. The van der Waals surface area contributed by atoms with Crippen LogP contribution in [0.25, 0.3) is 22.0 Å². The minimum atomic E-state index is -0.768. The van der Waals surface area contributed by atoms with Gasteiger partial charge >= 0.3 is 0 Å². The molecule has 164 valence electrons. The fourth-order valence-electron chi connectivity index (χ4n) is 3.35. The van der Waals surface area contributed by atoms with Gasteiger partial charge in [0, 0.05) is 48.3 Å². The van der Waals surface area contributed by atoms with Crippen LogP contribution in [0.4, 0.5) is 15.9 Å². The quantitative estimate of drug-likeness (QED) is 0.456. The Bertz CT molecular complexity index is 1410. The Labute approximate surface area is 190 Å². The standard InChI is InChI=1S/C25H21FN6O/c1-25(2,14-27)18-4-5-29-22(9-18)24(33)32-20-8-15(7-19(26)10-20)16-6-17-13-31-23(28-3)11-21(17)30-12-16/h4-13H,1-3H3,(H,28,31)(H,32,33). The van der Waals surface area contributed by atoms with E-state index in [4.69, 9.17) is 0 Å². The van der Waals surface area contributed by atoms with Gasteiger partial charge in [-0.15, -0.1) is 0 Å². The second kappa shape index (κ2) is 8.63. The number of anilines is 2. The maximum atomic E-state index is 14.4. The molecule has 0 aliphatic rings. The highest BCUT2D eigenvalue weighted by atomic mass is 19.1. The van der Waals surface area contributed by atoms with E-state index in [1.165, 1.54) is 18.3 Å². The summed E-state index contributed by atoms with van der Waals surface area (Å²) < 4.78 is 14.4. The Hall–Kier alpha value is -4.38. The lowest BCUT2D eigenvalue weighted by atomic mass is 9.86. The smallest absolute Gasteiger partial charge is 0.274 e. The van der Waals surface area contributed by atoms with Crippen LogP contribution in [0.5, 0.6) is 0 Å². The molecule has 1 amide bonds. The molecule has 0 radical (unpaired) electrons. The van der Waals surface area contributed by atoms with Crippen LogP contribution in [0.3, 0.4) is 0 Å². The monoisotopic (exact) mass is 440 g/mol. The second-order valence-corrected chi connectivity index (χ2v) is 8.09. The van der Waals surface area contributed by atoms with E-state index in [-0.39, 0.29) is 11.4 Å². The van der Waals surface area contributed by atoms with Crippen molar-refractivity contribution in [2.45, 2.75) is 19.3 Å². The molecule has 8 heteroatoms. The third-order valence-corrected chi connectivity index (χ3v) is 5.30. The molecule has 0 saturated heterocycles. The first-order valence-electron chi connectivity index (χ1n) is 10.2. The first-order valence-corrected chi connectivity index (χ1v) is 10.2. The molecule has 0 spiro atoms. The first-order chi connectivity index (χ1) is 15.8.